The van der Waals surface area contributed by atoms with E-state index < -0.39 is 6.17 Å². The number of amides is 3. The molecule has 0 aromatic carbocycles. The second-order valence-electron chi connectivity index (χ2n) is 8.66. The van der Waals surface area contributed by atoms with Crippen LogP contribution in [0.3, 0.4) is 0 Å². The summed E-state index contributed by atoms with van der Waals surface area (Å²) in [5, 5.41) is 1.23. The van der Waals surface area contributed by atoms with E-state index in [0.717, 1.165) is 19.3 Å². The number of piperazine rings is 1. The van der Waals surface area contributed by atoms with Gasteiger partial charge in [0.25, 0.3) is 0 Å². The Kier molecular flexibility index (Phi) is 10.8. The van der Waals surface area contributed by atoms with E-state index in [-0.39, 0.29) is 25.1 Å². The van der Waals surface area contributed by atoms with Crippen LogP contribution >= 0.6 is 0 Å². The van der Waals surface area contributed by atoms with Gasteiger partial charge in [0.05, 0.1) is 12.6 Å². The minimum atomic E-state index is -0.609. The van der Waals surface area contributed by atoms with Gasteiger partial charge in [-0.2, -0.15) is 5.06 Å². The average molecular weight is 434 g/mol. The first kappa shape index (κ1) is 25.1. The zero-order chi connectivity index (χ0) is 22.6. The number of rotatable bonds is 12. The van der Waals surface area contributed by atoms with Crippen LogP contribution in [-0.2, 0) is 19.2 Å². The van der Waals surface area contributed by atoms with E-state index in [9.17, 15) is 14.4 Å². The molecule has 31 heavy (non-hydrogen) atoms. The lowest BCUT2D eigenvalue weighted by Crippen LogP contribution is -2.62. The molecule has 0 bridgehead atoms. The smallest absolute Gasteiger partial charge is 0.242 e. The molecule has 174 valence electrons. The summed E-state index contributed by atoms with van der Waals surface area (Å²) in [7, 11) is 0. The first-order valence-electron chi connectivity index (χ1n) is 11.7. The lowest BCUT2D eigenvalue weighted by molar-refractivity contribution is -0.234. The highest BCUT2D eigenvalue weighted by molar-refractivity contribution is 5.81. The quantitative estimate of drug-likeness (QED) is 0.268. The van der Waals surface area contributed by atoms with Gasteiger partial charge in [-0.3, -0.25) is 19.2 Å². The molecule has 0 aromatic rings. The Balaban J connectivity index is 2.00. The summed E-state index contributed by atoms with van der Waals surface area (Å²) in [5.41, 5.74) is 1.18. The molecule has 2 aliphatic rings. The SMILES string of the molecule is C/C=C\C(=C/CC)CCN1CC(N(C=O)OC(C)CC2CCCCC2)N(C=O)CC1=O. The first-order valence-corrected chi connectivity index (χ1v) is 11.7. The molecule has 0 radical (unpaired) electrons. The van der Waals surface area contributed by atoms with Gasteiger partial charge in [0, 0.05) is 6.54 Å². The second kappa shape index (κ2) is 13.3. The molecule has 0 aromatic heterocycles. The van der Waals surface area contributed by atoms with Crippen LogP contribution < -0.4 is 0 Å². The van der Waals surface area contributed by atoms with E-state index in [1.54, 1.807) is 4.90 Å². The van der Waals surface area contributed by atoms with Crippen LogP contribution in [0.4, 0.5) is 0 Å². The van der Waals surface area contributed by atoms with Crippen LogP contribution in [0.2, 0.25) is 0 Å². The summed E-state index contributed by atoms with van der Waals surface area (Å²) in [6.45, 7) is 6.78. The number of hydroxylamine groups is 2. The van der Waals surface area contributed by atoms with Crippen molar-refractivity contribution in [3.05, 3.63) is 23.8 Å². The summed E-state index contributed by atoms with van der Waals surface area (Å²) in [5.74, 6) is 0.514. The van der Waals surface area contributed by atoms with Crippen LogP contribution in [0.5, 0.6) is 0 Å². The van der Waals surface area contributed by atoms with Crippen molar-refractivity contribution in [1.82, 2.24) is 14.9 Å². The van der Waals surface area contributed by atoms with Gasteiger partial charge in [0.2, 0.25) is 18.7 Å². The van der Waals surface area contributed by atoms with Gasteiger partial charge in [0.1, 0.15) is 6.54 Å². The Morgan fingerprint density at radius 3 is 2.61 bits per heavy atom. The lowest BCUT2D eigenvalue weighted by Gasteiger charge is -2.43. The number of allylic oxidation sites excluding steroid dienone is 3. The van der Waals surface area contributed by atoms with Crippen molar-refractivity contribution in [3.8, 4) is 0 Å². The topological polar surface area (TPSA) is 70.2 Å². The molecule has 2 atom stereocenters. The Labute approximate surface area is 187 Å². The van der Waals surface area contributed by atoms with Gasteiger partial charge in [-0.15, -0.1) is 0 Å². The van der Waals surface area contributed by atoms with Crippen molar-refractivity contribution in [3.63, 3.8) is 0 Å². The number of hydrogen-bond acceptors (Lipinski definition) is 4. The number of carbonyl (C=O) groups is 3. The Morgan fingerprint density at radius 2 is 2.00 bits per heavy atom. The van der Waals surface area contributed by atoms with Crippen molar-refractivity contribution in [2.24, 2.45) is 5.92 Å². The number of nitrogens with zero attached hydrogens (tertiary/aromatic N) is 3. The van der Waals surface area contributed by atoms with Gasteiger partial charge in [-0.05, 0) is 39.0 Å². The van der Waals surface area contributed by atoms with E-state index in [2.05, 4.69) is 19.1 Å². The van der Waals surface area contributed by atoms with Crippen molar-refractivity contribution in [2.75, 3.05) is 19.6 Å². The molecule has 1 aliphatic carbocycles. The Morgan fingerprint density at radius 1 is 1.26 bits per heavy atom. The maximum atomic E-state index is 12.6. The molecule has 1 aliphatic heterocycles. The normalized spacial score (nSPS) is 22.1. The fraction of sp³-hybridized carbons (Fsp3) is 0.708. The summed E-state index contributed by atoms with van der Waals surface area (Å²) in [6, 6.07) is 0. The molecule has 0 spiro atoms. The first-order chi connectivity index (χ1) is 15.0. The van der Waals surface area contributed by atoms with Crippen LogP contribution in [0.1, 0.15) is 72.1 Å². The second-order valence-corrected chi connectivity index (χ2v) is 8.66. The van der Waals surface area contributed by atoms with E-state index in [0.29, 0.717) is 25.3 Å². The standard InChI is InChI=1S/C24H39N3O4/c1-4-9-21(10-5-2)13-14-25-16-23(26(18-28)17-24(25)30)27(19-29)31-20(3)15-22-11-7-6-8-12-22/h4,9-10,18-20,22-23H,5-8,11-17H2,1-3H3/b9-4-,21-10+. The number of hydrogen-bond donors (Lipinski definition) is 0. The average Bonchev–Trinajstić information content (AvgIpc) is 2.77. The molecule has 1 heterocycles. The van der Waals surface area contributed by atoms with Gasteiger partial charge in [0.15, 0.2) is 6.17 Å². The Hall–Kier alpha value is -2.15. The van der Waals surface area contributed by atoms with Gasteiger partial charge < -0.3 is 9.80 Å². The zero-order valence-corrected chi connectivity index (χ0v) is 19.4. The molecule has 7 nitrogen and oxygen atoms in total. The summed E-state index contributed by atoms with van der Waals surface area (Å²) >= 11 is 0. The highest BCUT2D eigenvalue weighted by Gasteiger charge is 2.36. The lowest BCUT2D eigenvalue weighted by atomic mass is 9.86. The van der Waals surface area contributed by atoms with Crippen LogP contribution in [0.15, 0.2) is 23.8 Å². The molecule has 7 heteroatoms. The van der Waals surface area contributed by atoms with E-state index >= 15 is 0 Å². The third kappa shape index (κ3) is 7.80. The van der Waals surface area contributed by atoms with Crippen molar-refractivity contribution in [2.45, 2.75) is 84.4 Å². The molecule has 2 unspecified atom stereocenters. The van der Waals surface area contributed by atoms with Crippen molar-refractivity contribution >= 4 is 18.7 Å². The molecule has 2 fully saturated rings. The molecule has 1 saturated carbocycles. The van der Waals surface area contributed by atoms with Crippen LogP contribution in [0, 0.1) is 5.92 Å². The van der Waals surface area contributed by atoms with Gasteiger partial charge in [-0.1, -0.05) is 62.8 Å². The van der Waals surface area contributed by atoms with Gasteiger partial charge >= 0.3 is 0 Å². The summed E-state index contributed by atoms with van der Waals surface area (Å²) in [6.07, 6.45) is 15.5. The molecular weight excluding hydrogens is 394 g/mol. The number of carbonyl (C=O) groups excluding carboxylic acids is 3. The summed E-state index contributed by atoms with van der Waals surface area (Å²) in [4.78, 5) is 45.1. The molecule has 3 amide bonds. The highest BCUT2D eigenvalue weighted by Crippen LogP contribution is 2.28. The fourth-order valence-electron chi connectivity index (χ4n) is 4.62. The van der Waals surface area contributed by atoms with Crippen LogP contribution in [-0.4, -0.2) is 65.5 Å². The van der Waals surface area contributed by atoms with Gasteiger partial charge in [-0.25, -0.2) is 0 Å². The van der Waals surface area contributed by atoms with Crippen molar-refractivity contribution in [1.29, 1.82) is 0 Å². The molecule has 1 saturated heterocycles. The zero-order valence-electron chi connectivity index (χ0n) is 19.4. The largest absolute Gasteiger partial charge is 0.337 e. The predicted octanol–water partition coefficient (Wildman–Crippen LogP) is 3.66. The predicted molar refractivity (Wildman–Crippen MR) is 121 cm³/mol. The summed E-state index contributed by atoms with van der Waals surface area (Å²) < 4.78 is 0. The van der Waals surface area contributed by atoms with E-state index in [1.165, 1.54) is 47.6 Å². The third-order valence-corrected chi connectivity index (χ3v) is 6.18. The minimum Gasteiger partial charge on any atom is -0.337 e. The maximum Gasteiger partial charge on any atom is 0.242 e. The minimum absolute atomic E-state index is 0.0463. The fourth-order valence-corrected chi connectivity index (χ4v) is 4.62. The monoisotopic (exact) mass is 433 g/mol. The maximum absolute atomic E-state index is 12.6. The molecule has 2 rings (SSSR count). The van der Waals surface area contributed by atoms with E-state index in [1.807, 2.05) is 19.9 Å². The molecule has 0 N–H and O–H groups in total. The van der Waals surface area contributed by atoms with E-state index in [4.69, 9.17) is 4.84 Å². The molecular formula is C24H39N3O4. The Bertz CT molecular complexity index is 643. The van der Waals surface area contributed by atoms with Crippen LogP contribution in [0.25, 0.3) is 0 Å². The third-order valence-electron chi connectivity index (χ3n) is 6.18. The van der Waals surface area contributed by atoms with Crippen molar-refractivity contribution < 1.29 is 19.2 Å². The highest BCUT2D eigenvalue weighted by atomic mass is 16.7.